The number of likely N-dealkylation sites (N-methyl/N-ethyl adjacent to an activating group) is 1. The number of fused-ring (bicyclic) bond motifs is 2. The summed E-state index contributed by atoms with van der Waals surface area (Å²) in [6.07, 6.45) is 1.31. The summed E-state index contributed by atoms with van der Waals surface area (Å²) in [5.41, 5.74) is 4.44. The first-order valence-corrected chi connectivity index (χ1v) is 13.2. The number of carbonyl (C=O) groups excluding carboxylic acids is 2. The lowest BCUT2D eigenvalue weighted by Crippen LogP contribution is -2.52. The van der Waals surface area contributed by atoms with Crippen LogP contribution < -0.4 is 15.5 Å². The number of nitrogens with zero attached hydrogens (tertiary/aromatic N) is 2. The van der Waals surface area contributed by atoms with E-state index in [-0.39, 0.29) is 30.3 Å². The summed E-state index contributed by atoms with van der Waals surface area (Å²) in [5.74, 6) is -0.229. The Morgan fingerprint density at radius 2 is 1.61 bits per heavy atom. The number of benzene rings is 3. The molecule has 8 heteroatoms. The first kappa shape index (κ1) is 28.0. The Morgan fingerprint density at radius 3 is 2.29 bits per heavy atom. The first-order chi connectivity index (χ1) is 18.0. The lowest BCUT2D eigenvalue weighted by Gasteiger charge is -2.29. The van der Waals surface area contributed by atoms with Gasteiger partial charge in [-0.15, -0.1) is 12.4 Å². The van der Waals surface area contributed by atoms with E-state index in [4.69, 9.17) is 4.74 Å². The normalized spacial score (nSPS) is 18.8. The second kappa shape index (κ2) is 12.7. The number of hydrogen-bond donors (Lipinski definition) is 2. The summed E-state index contributed by atoms with van der Waals surface area (Å²) < 4.78 is 5.52. The van der Waals surface area contributed by atoms with E-state index in [1.807, 2.05) is 23.1 Å². The minimum absolute atomic E-state index is 0. The van der Waals surface area contributed by atoms with Crippen LogP contribution in [0.4, 0.5) is 5.69 Å². The lowest BCUT2D eigenvalue weighted by atomic mass is 9.98. The van der Waals surface area contributed by atoms with E-state index < -0.39 is 6.04 Å². The van der Waals surface area contributed by atoms with Gasteiger partial charge in [0.2, 0.25) is 11.8 Å². The van der Waals surface area contributed by atoms with Crippen LogP contribution >= 0.6 is 12.4 Å². The van der Waals surface area contributed by atoms with Crippen LogP contribution in [0, 0.1) is 0 Å². The number of amides is 2. The molecule has 2 aliphatic rings. The molecule has 0 aromatic heterocycles. The molecule has 2 aliphatic heterocycles. The Hall–Kier alpha value is -2.97. The van der Waals surface area contributed by atoms with Gasteiger partial charge in [-0.1, -0.05) is 54.6 Å². The zero-order chi connectivity index (χ0) is 25.8. The van der Waals surface area contributed by atoms with Gasteiger partial charge in [-0.05, 0) is 60.3 Å². The molecule has 1 fully saturated rings. The van der Waals surface area contributed by atoms with Gasteiger partial charge >= 0.3 is 0 Å². The Kier molecular flexibility index (Phi) is 9.39. The van der Waals surface area contributed by atoms with Gasteiger partial charge in [-0.3, -0.25) is 14.5 Å². The van der Waals surface area contributed by atoms with Crippen molar-refractivity contribution in [1.29, 1.82) is 0 Å². The fraction of sp³-hybridized carbons (Fsp3) is 0.400. The van der Waals surface area contributed by atoms with Crippen LogP contribution in [0.2, 0.25) is 0 Å². The molecule has 3 aromatic rings. The molecule has 0 unspecified atom stereocenters. The highest BCUT2D eigenvalue weighted by atomic mass is 35.5. The van der Waals surface area contributed by atoms with Crippen LogP contribution in [-0.4, -0.2) is 62.1 Å². The lowest BCUT2D eigenvalue weighted by molar-refractivity contribution is -0.128. The number of anilines is 1. The number of carbonyl (C=O) groups is 2. The molecule has 2 amide bonds. The van der Waals surface area contributed by atoms with Crippen LogP contribution in [0.5, 0.6) is 0 Å². The van der Waals surface area contributed by atoms with Gasteiger partial charge in [-0.25, -0.2) is 0 Å². The highest BCUT2D eigenvalue weighted by Gasteiger charge is 2.32. The summed E-state index contributed by atoms with van der Waals surface area (Å²) in [4.78, 5) is 30.8. The van der Waals surface area contributed by atoms with Gasteiger partial charge in [-0.2, -0.15) is 0 Å². The molecule has 5 rings (SSSR count). The van der Waals surface area contributed by atoms with E-state index in [0.29, 0.717) is 13.0 Å². The molecule has 0 radical (unpaired) electrons. The Balaban J connectivity index is 0.00000336. The predicted molar refractivity (Wildman–Crippen MR) is 154 cm³/mol. The minimum atomic E-state index is -0.567. The van der Waals surface area contributed by atoms with Crippen LogP contribution in [0.3, 0.4) is 0 Å². The van der Waals surface area contributed by atoms with Crippen molar-refractivity contribution in [2.75, 3.05) is 38.3 Å². The third-order valence-corrected chi connectivity index (χ3v) is 7.62. The smallest absolute Gasteiger partial charge is 0.249 e. The van der Waals surface area contributed by atoms with Crippen molar-refractivity contribution in [2.45, 2.75) is 44.9 Å². The van der Waals surface area contributed by atoms with E-state index in [9.17, 15) is 9.59 Å². The molecule has 0 saturated carbocycles. The maximum Gasteiger partial charge on any atom is 0.249 e. The number of morpholine rings is 1. The third-order valence-electron chi connectivity index (χ3n) is 7.62. The summed E-state index contributed by atoms with van der Waals surface area (Å²) in [5, 5.41) is 8.33. The Bertz CT molecular complexity index is 1280. The van der Waals surface area contributed by atoms with Gasteiger partial charge in [0.05, 0.1) is 25.8 Å². The van der Waals surface area contributed by atoms with Crippen LogP contribution in [-0.2, 0) is 33.8 Å². The van der Waals surface area contributed by atoms with Gasteiger partial charge in [0.15, 0.2) is 0 Å². The zero-order valence-corrected chi connectivity index (χ0v) is 22.9. The Labute approximate surface area is 230 Å². The second-order valence-electron chi connectivity index (χ2n) is 9.98. The number of rotatable bonds is 7. The fourth-order valence-corrected chi connectivity index (χ4v) is 5.31. The summed E-state index contributed by atoms with van der Waals surface area (Å²) in [6, 6.07) is 20.0. The van der Waals surface area contributed by atoms with Crippen molar-refractivity contribution in [2.24, 2.45) is 0 Å². The van der Waals surface area contributed by atoms with Crippen LogP contribution in [0.25, 0.3) is 10.8 Å². The molecule has 2 heterocycles. The SMILES string of the molecule is CN[C@@H](C)C(=O)N[C@H]1CCc2ccccc2N(Cc2ccc(CN3CCOCC3)c3ccccc23)C1=O.Cl. The quantitative estimate of drug-likeness (QED) is 0.482. The van der Waals surface area contributed by atoms with Crippen molar-refractivity contribution >= 4 is 40.7 Å². The standard InChI is InChI=1S/C30H36N4O3.ClH/c1-21(31-2)29(35)32-27-14-13-22-7-3-6-10-28(22)34(30(27)36)20-24-12-11-23(19-33-15-17-37-18-16-33)25-8-4-5-9-26(24)25;/h3-12,21,27,31H,13-20H2,1-2H3,(H,32,35);1H/t21-,27-;/m0./s1. The molecule has 0 spiro atoms. The van der Waals surface area contributed by atoms with Gasteiger partial charge < -0.3 is 20.3 Å². The van der Waals surface area contributed by atoms with Gasteiger partial charge in [0.1, 0.15) is 6.04 Å². The highest BCUT2D eigenvalue weighted by molar-refractivity contribution is 6.01. The molecule has 202 valence electrons. The monoisotopic (exact) mass is 536 g/mol. The summed E-state index contributed by atoms with van der Waals surface area (Å²) in [6.45, 7) is 6.56. The maximum absolute atomic E-state index is 13.9. The van der Waals surface area contributed by atoms with Crippen molar-refractivity contribution in [3.8, 4) is 0 Å². The predicted octanol–water partition coefficient (Wildman–Crippen LogP) is 3.67. The number of aryl methyl sites for hydroxylation is 1. The first-order valence-electron chi connectivity index (χ1n) is 13.2. The highest BCUT2D eigenvalue weighted by Crippen LogP contribution is 2.31. The van der Waals surface area contributed by atoms with Gasteiger partial charge in [0.25, 0.3) is 0 Å². The molecular formula is C30H37ClN4O3. The van der Waals surface area contributed by atoms with Crippen LogP contribution in [0.15, 0.2) is 60.7 Å². The molecule has 2 N–H and O–H groups in total. The summed E-state index contributed by atoms with van der Waals surface area (Å²) in [7, 11) is 1.75. The van der Waals surface area contributed by atoms with E-state index in [1.165, 1.54) is 10.9 Å². The molecule has 2 atom stereocenters. The molecule has 0 bridgehead atoms. The average Bonchev–Trinajstić information content (AvgIpc) is 3.06. The number of para-hydroxylation sites is 1. The zero-order valence-electron chi connectivity index (χ0n) is 22.1. The summed E-state index contributed by atoms with van der Waals surface area (Å²) >= 11 is 0. The molecule has 0 aliphatic carbocycles. The number of ether oxygens (including phenoxy) is 1. The number of hydrogen-bond acceptors (Lipinski definition) is 5. The van der Waals surface area contributed by atoms with E-state index in [1.54, 1.807) is 14.0 Å². The van der Waals surface area contributed by atoms with E-state index >= 15 is 0 Å². The second-order valence-corrected chi connectivity index (χ2v) is 9.98. The number of nitrogens with one attached hydrogen (secondary N) is 2. The van der Waals surface area contributed by atoms with Crippen molar-refractivity contribution < 1.29 is 14.3 Å². The molecule has 3 aromatic carbocycles. The minimum Gasteiger partial charge on any atom is -0.379 e. The molecule has 7 nitrogen and oxygen atoms in total. The third kappa shape index (κ3) is 6.02. The fourth-order valence-electron chi connectivity index (χ4n) is 5.31. The maximum atomic E-state index is 13.9. The molecule has 38 heavy (non-hydrogen) atoms. The Morgan fingerprint density at radius 1 is 0.974 bits per heavy atom. The topological polar surface area (TPSA) is 73.9 Å². The molecular weight excluding hydrogens is 500 g/mol. The van der Waals surface area contributed by atoms with Crippen LogP contribution in [0.1, 0.15) is 30.0 Å². The average molecular weight is 537 g/mol. The number of halogens is 1. The van der Waals surface area contributed by atoms with E-state index in [2.05, 4.69) is 58.0 Å². The van der Waals surface area contributed by atoms with Gasteiger partial charge in [0, 0.05) is 25.3 Å². The van der Waals surface area contributed by atoms with Crippen molar-refractivity contribution in [3.05, 3.63) is 77.4 Å². The van der Waals surface area contributed by atoms with Crippen molar-refractivity contribution in [1.82, 2.24) is 15.5 Å². The van der Waals surface area contributed by atoms with E-state index in [0.717, 1.165) is 61.5 Å². The van der Waals surface area contributed by atoms with Crippen molar-refractivity contribution in [3.63, 3.8) is 0 Å². The molecule has 1 saturated heterocycles. The largest absolute Gasteiger partial charge is 0.379 e.